The molecule has 6 heteroatoms. The Kier molecular flexibility index (Phi) is 4.53. The van der Waals surface area contributed by atoms with Gasteiger partial charge in [-0.15, -0.1) is 11.3 Å². The van der Waals surface area contributed by atoms with E-state index in [0.717, 1.165) is 58.8 Å². The lowest BCUT2D eigenvalue weighted by molar-refractivity contribution is 0.381. The van der Waals surface area contributed by atoms with Crippen LogP contribution in [-0.4, -0.2) is 35.6 Å². The van der Waals surface area contributed by atoms with Gasteiger partial charge < -0.3 is 10.2 Å². The average molecular weight is 383 g/mol. The third-order valence-electron chi connectivity index (χ3n) is 5.69. The summed E-state index contributed by atoms with van der Waals surface area (Å²) in [6.45, 7) is 3.21. The van der Waals surface area contributed by atoms with Crippen molar-refractivity contribution >= 4 is 27.4 Å². The molecule has 1 saturated heterocycles. The highest BCUT2D eigenvalue weighted by Gasteiger charge is 2.26. The second-order valence-electron chi connectivity index (χ2n) is 7.65. The van der Waals surface area contributed by atoms with Gasteiger partial charge in [-0.25, -0.2) is 14.4 Å². The number of fused-ring (bicyclic) bond motifs is 1. The highest BCUT2D eigenvalue weighted by atomic mass is 32.1. The molecule has 2 aliphatic rings. The van der Waals surface area contributed by atoms with Gasteiger partial charge in [-0.2, -0.15) is 0 Å². The molecule has 27 heavy (non-hydrogen) atoms. The molecule has 0 radical (unpaired) electrons. The molecule has 3 heterocycles. The normalized spacial score (nSPS) is 18.3. The number of thiophene rings is 1. The summed E-state index contributed by atoms with van der Waals surface area (Å²) in [7, 11) is 0. The highest BCUT2D eigenvalue weighted by molar-refractivity contribution is 7.17. The first-order valence-corrected chi connectivity index (χ1v) is 10.6. The largest absolute Gasteiger partial charge is 0.356 e. The Labute approximate surface area is 162 Å². The third kappa shape index (κ3) is 3.56. The highest BCUT2D eigenvalue weighted by Crippen LogP contribution is 2.38. The van der Waals surface area contributed by atoms with Crippen molar-refractivity contribution in [2.24, 2.45) is 5.92 Å². The Balaban J connectivity index is 1.40. The molecule has 2 aromatic heterocycles. The van der Waals surface area contributed by atoms with Gasteiger partial charge in [0.1, 0.15) is 22.8 Å². The lowest BCUT2D eigenvalue weighted by Gasteiger charge is -2.33. The van der Waals surface area contributed by atoms with Crippen LogP contribution in [0.25, 0.3) is 21.3 Å². The van der Waals surface area contributed by atoms with Crippen molar-refractivity contribution in [1.82, 2.24) is 15.3 Å². The number of halogens is 1. The summed E-state index contributed by atoms with van der Waals surface area (Å²) in [5.41, 5.74) is 2.12. The topological polar surface area (TPSA) is 41.1 Å². The number of benzene rings is 1. The van der Waals surface area contributed by atoms with E-state index < -0.39 is 0 Å². The molecule has 0 amide bonds. The van der Waals surface area contributed by atoms with E-state index in [-0.39, 0.29) is 5.82 Å². The van der Waals surface area contributed by atoms with E-state index in [0.29, 0.717) is 0 Å². The Hall–Kier alpha value is -2.05. The minimum atomic E-state index is -0.211. The quantitative estimate of drug-likeness (QED) is 0.707. The number of piperidine rings is 1. The zero-order valence-corrected chi connectivity index (χ0v) is 16.0. The van der Waals surface area contributed by atoms with Crippen molar-refractivity contribution in [2.75, 3.05) is 24.5 Å². The number of hydrogen-bond acceptors (Lipinski definition) is 5. The van der Waals surface area contributed by atoms with Crippen molar-refractivity contribution < 1.29 is 4.39 Å². The third-order valence-corrected chi connectivity index (χ3v) is 6.58. The summed E-state index contributed by atoms with van der Waals surface area (Å²) < 4.78 is 13.3. The minimum Gasteiger partial charge on any atom is -0.356 e. The predicted octanol–water partition coefficient (Wildman–Crippen LogP) is 4.47. The molecule has 2 fully saturated rings. The van der Waals surface area contributed by atoms with Gasteiger partial charge in [0.05, 0.1) is 5.39 Å². The second kappa shape index (κ2) is 7.17. The van der Waals surface area contributed by atoms with Crippen molar-refractivity contribution in [2.45, 2.75) is 31.7 Å². The van der Waals surface area contributed by atoms with Crippen LogP contribution in [0.4, 0.5) is 10.2 Å². The molecular formula is C21H23FN4S. The molecule has 1 aliphatic carbocycles. The molecule has 5 rings (SSSR count). The van der Waals surface area contributed by atoms with Crippen molar-refractivity contribution in [3.05, 3.63) is 41.8 Å². The van der Waals surface area contributed by atoms with Crippen molar-refractivity contribution in [3.63, 3.8) is 0 Å². The minimum absolute atomic E-state index is 0.211. The van der Waals surface area contributed by atoms with Crippen LogP contribution in [0, 0.1) is 11.7 Å². The molecule has 0 unspecified atom stereocenters. The zero-order chi connectivity index (χ0) is 18.2. The molecule has 1 aliphatic heterocycles. The van der Waals surface area contributed by atoms with E-state index in [9.17, 15) is 4.39 Å². The van der Waals surface area contributed by atoms with Crippen LogP contribution in [0.2, 0.25) is 0 Å². The number of hydrogen-bond donors (Lipinski definition) is 1. The average Bonchev–Trinajstić information content (AvgIpc) is 3.44. The van der Waals surface area contributed by atoms with Gasteiger partial charge in [-0.3, -0.25) is 0 Å². The number of nitrogens with one attached hydrogen (secondary N) is 1. The standard InChI is InChI=1S/C21H23FN4S/c22-16-3-1-15(2-4-16)18-12-27-21-19(18)20(24-13-25-21)26-9-7-14(8-10-26)11-23-17-5-6-17/h1-4,12-14,17,23H,5-11H2. The van der Waals surface area contributed by atoms with E-state index in [1.165, 1.54) is 37.8 Å². The van der Waals surface area contributed by atoms with Crippen LogP contribution in [0.5, 0.6) is 0 Å². The van der Waals surface area contributed by atoms with Gasteiger partial charge >= 0.3 is 0 Å². The summed E-state index contributed by atoms with van der Waals surface area (Å²) in [6, 6.07) is 7.49. The maximum Gasteiger partial charge on any atom is 0.141 e. The number of nitrogens with zero attached hydrogens (tertiary/aromatic N) is 3. The molecule has 3 aromatic rings. The maximum absolute atomic E-state index is 13.3. The van der Waals surface area contributed by atoms with Crippen LogP contribution >= 0.6 is 11.3 Å². The van der Waals surface area contributed by atoms with Gasteiger partial charge in [0.25, 0.3) is 0 Å². The maximum atomic E-state index is 13.3. The van der Waals surface area contributed by atoms with Crippen LogP contribution in [0.15, 0.2) is 36.0 Å². The van der Waals surface area contributed by atoms with Gasteiger partial charge in [-0.05, 0) is 55.8 Å². The molecule has 1 saturated carbocycles. The first-order valence-electron chi connectivity index (χ1n) is 9.74. The van der Waals surface area contributed by atoms with E-state index in [1.54, 1.807) is 17.7 Å². The molecule has 4 nitrogen and oxygen atoms in total. The fourth-order valence-corrected chi connectivity index (χ4v) is 4.82. The van der Waals surface area contributed by atoms with Gasteiger partial charge in [0.15, 0.2) is 0 Å². The first kappa shape index (κ1) is 17.1. The van der Waals surface area contributed by atoms with E-state index >= 15 is 0 Å². The fourth-order valence-electron chi connectivity index (χ4n) is 3.91. The summed E-state index contributed by atoms with van der Waals surface area (Å²) in [5, 5.41) is 6.88. The summed E-state index contributed by atoms with van der Waals surface area (Å²) >= 11 is 1.63. The summed E-state index contributed by atoms with van der Waals surface area (Å²) in [4.78, 5) is 12.5. The Morgan fingerprint density at radius 3 is 2.59 bits per heavy atom. The number of anilines is 1. The molecule has 1 N–H and O–H groups in total. The van der Waals surface area contributed by atoms with Crippen LogP contribution in [0.3, 0.4) is 0 Å². The SMILES string of the molecule is Fc1ccc(-c2csc3ncnc(N4CCC(CNC5CC5)CC4)c23)cc1. The van der Waals surface area contributed by atoms with Crippen molar-refractivity contribution in [3.8, 4) is 11.1 Å². The molecule has 0 atom stereocenters. The fraction of sp³-hybridized carbons (Fsp3) is 0.429. The molecular weight excluding hydrogens is 359 g/mol. The lowest BCUT2D eigenvalue weighted by atomic mass is 9.96. The first-order chi connectivity index (χ1) is 13.3. The van der Waals surface area contributed by atoms with Gasteiger partial charge in [0, 0.05) is 30.1 Å². The lowest BCUT2D eigenvalue weighted by Crippen LogP contribution is -2.38. The smallest absolute Gasteiger partial charge is 0.141 e. The monoisotopic (exact) mass is 382 g/mol. The van der Waals surface area contributed by atoms with Crippen LogP contribution in [-0.2, 0) is 0 Å². The molecule has 0 bridgehead atoms. The van der Waals surface area contributed by atoms with Gasteiger partial charge in [0.2, 0.25) is 0 Å². The Bertz CT molecular complexity index is 927. The van der Waals surface area contributed by atoms with Gasteiger partial charge in [-0.1, -0.05) is 12.1 Å². The zero-order valence-electron chi connectivity index (χ0n) is 15.2. The van der Waals surface area contributed by atoms with Crippen LogP contribution < -0.4 is 10.2 Å². The van der Waals surface area contributed by atoms with Crippen LogP contribution in [0.1, 0.15) is 25.7 Å². The van der Waals surface area contributed by atoms with E-state index in [2.05, 4.69) is 25.6 Å². The van der Waals surface area contributed by atoms with Crippen molar-refractivity contribution in [1.29, 1.82) is 0 Å². The van der Waals surface area contributed by atoms with E-state index in [1.807, 2.05) is 12.1 Å². The summed E-state index contributed by atoms with van der Waals surface area (Å²) in [5.74, 6) is 1.57. The predicted molar refractivity (Wildman–Crippen MR) is 109 cm³/mol. The second-order valence-corrected chi connectivity index (χ2v) is 8.50. The molecule has 0 spiro atoms. The Morgan fingerprint density at radius 2 is 1.85 bits per heavy atom. The molecule has 140 valence electrons. The number of rotatable bonds is 5. The van der Waals surface area contributed by atoms with E-state index in [4.69, 9.17) is 0 Å². The molecule has 1 aromatic carbocycles. The summed E-state index contributed by atoms with van der Waals surface area (Å²) in [6.07, 6.45) is 6.76. The number of aromatic nitrogens is 2. The Morgan fingerprint density at radius 1 is 1.07 bits per heavy atom.